The van der Waals surface area contributed by atoms with E-state index in [0.717, 1.165) is 56.0 Å². The summed E-state index contributed by atoms with van der Waals surface area (Å²) in [6, 6.07) is 8.23. The van der Waals surface area contributed by atoms with Gasteiger partial charge in [0.15, 0.2) is 0 Å². The number of aromatic nitrogens is 2. The molecule has 0 aliphatic rings. The number of imidazole rings is 1. The molecule has 7 heteroatoms. The van der Waals surface area contributed by atoms with Crippen molar-refractivity contribution in [3.05, 3.63) is 38.8 Å². The Balaban J connectivity index is 2.16. The van der Waals surface area contributed by atoms with Crippen LogP contribution in [0.2, 0.25) is 0 Å². The Morgan fingerprint density at radius 2 is 1.89 bits per heavy atom. The van der Waals surface area contributed by atoms with Crippen LogP contribution in [0.1, 0.15) is 19.4 Å². The summed E-state index contributed by atoms with van der Waals surface area (Å²) in [7, 11) is 3.72. The number of hydrogen-bond acceptors (Lipinski definition) is 4. The molecule has 0 aliphatic carbocycles. The smallest absolute Gasteiger partial charge is 0.208 e. The van der Waals surface area contributed by atoms with Gasteiger partial charge in [-0.1, -0.05) is 15.9 Å². The fourth-order valence-corrected chi connectivity index (χ4v) is 4.30. The first-order valence-corrected chi connectivity index (χ1v) is 10.5. The summed E-state index contributed by atoms with van der Waals surface area (Å²) >= 11 is 7.18. The molecule has 1 heterocycles. The summed E-state index contributed by atoms with van der Waals surface area (Å²) in [5.74, 6) is 1.55. The van der Waals surface area contributed by atoms with Gasteiger partial charge in [-0.15, -0.1) is 0 Å². The predicted molar refractivity (Wildman–Crippen MR) is 121 cm³/mol. The molecule has 0 unspecified atom stereocenters. The van der Waals surface area contributed by atoms with Crippen molar-refractivity contribution in [2.24, 2.45) is 7.05 Å². The van der Waals surface area contributed by atoms with Gasteiger partial charge in [0.05, 0.1) is 24.0 Å². The van der Waals surface area contributed by atoms with Crippen LogP contribution in [0, 0.1) is 6.92 Å². The molecule has 0 aliphatic heterocycles. The molecule has 0 saturated carbocycles. The number of halogens is 2. The lowest BCUT2D eigenvalue weighted by Crippen LogP contribution is -2.22. The maximum absolute atomic E-state index is 5.57. The van der Waals surface area contributed by atoms with Gasteiger partial charge in [-0.05, 0) is 66.5 Å². The number of methoxy groups -OCH3 is 1. The average molecular weight is 496 g/mol. The Morgan fingerprint density at radius 3 is 2.52 bits per heavy atom. The summed E-state index contributed by atoms with van der Waals surface area (Å²) < 4.78 is 9.64. The number of nitrogens with zero attached hydrogens (tertiary/aromatic N) is 3. The zero-order valence-electron chi connectivity index (χ0n) is 16.2. The molecule has 5 nitrogen and oxygen atoms in total. The first kappa shape index (κ1) is 20.0. The van der Waals surface area contributed by atoms with Crippen LogP contribution in [0.3, 0.4) is 0 Å². The second kappa shape index (κ2) is 8.10. The molecule has 0 bridgehead atoms. The number of anilines is 3. The molecule has 3 aromatic rings. The minimum atomic E-state index is 0.772. The molecule has 0 radical (unpaired) electrons. The maximum Gasteiger partial charge on any atom is 0.208 e. The number of rotatable bonds is 6. The SMILES string of the molecule is CCN(CC)c1ccc(Br)c2nc(Nc3c(C)cc(Br)cc3OC)n(C)c12. The zero-order valence-corrected chi connectivity index (χ0v) is 19.4. The van der Waals surface area contributed by atoms with Gasteiger partial charge >= 0.3 is 0 Å². The highest BCUT2D eigenvalue weighted by atomic mass is 79.9. The first-order chi connectivity index (χ1) is 12.9. The molecule has 0 atom stereocenters. The van der Waals surface area contributed by atoms with E-state index >= 15 is 0 Å². The van der Waals surface area contributed by atoms with Crippen molar-refractivity contribution in [2.75, 3.05) is 30.4 Å². The second-order valence-electron chi connectivity index (χ2n) is 6.36. The summed E-state index contributed by atoms with van der Waals surface area (Å²) in [4.78, 5) is 7.21. The molecule has 0 fully saturated rings. The number of aryl methyl sites for hydroxylation is 2. The molecule has 3 rings (SSSR count). The molecule has 0 spiro atoms. The topological polar surface area (TPSA) is 42.3 Å². The number of hydrogen-bond donors (Lipinski definition) is 1. The summed E-state index contributed by atoms with van der Waals surface area (Å²) in [5.41, 5.74) is 5.22. The molecule has 0 saturated heterocycles. The van der Waals surface area contributed by atoms with Crippen LogP contribution in [0.15, 0.2) is 33.2 Å². The second-order valence-corrected chi connectivity index (χ2v) is 8.13. The number of benzene rings is 2. The Hall–Kier alpha value is -1.73. The number of fused-ring (bicyclic) bond motifs is 1. The third-order valence-electron chi connectivity index (χ3n) is 4.78. The Labute approximate surface area is 177 Å². The van der Waals surface area contributed by atoms with Crippen molar-refractivity contribution in [3.63, 3.8) is 0 Å². The van der Waals surface area contributed by atoms with E-state index in [0.29, 0.717) is 0 Å². The van der Waals surface area contributed by atoms with Crippen LogP contribution in [-0.2, 0) is 7.05 Å². The first-order valence-electron chi connectivity index (χ1n) is 8.92. The Kier molecular flexibility index (Phi) is 6.01. The molecular formula is C20H24Br2N4O. The third-order valence-corrected chi connectivity index (χ3v) is 5.87. The van der Waals surface area contributed by atoms with Gasteiger partial charge in [-0.2, -0.15) is 0 Å². The number of ether oxygens (including phenoxy) is 1. The largest absolute Gasteiger partial charge is 0.495 e. The quantitative estimate of drug-likeness (QED) is 0.455. The van der Waals surface area contributed by atoms with Crippen LogP contribution >= 0.6 is 31.9 Å². The van der Waals surface area contributed by atoms with E-state index in [-0.39, 0.29) is 0 Å². The summed E-state index contributed by atoms with van der Waals surface area (Å²) in [5, 5.41) is 3.47. The minimum absolute atomic E-state index is 0.772. The molecule has 144 valence electrons. The van der Waals surface area contributed by atoms with E-state index in [9.17, 15) is 0 Å². The minimum Gasteiger partial charge on any atom is -0.495 e. The lowest BCUT2D eigenvalue weighted by Gasteiger charge is -2.22. The van der Waals surface area contributed by atoms with Gasteiger partial charge in [0.25, 0.3) is 0 Å². The zero-order chi connectivity index (χ0) is 19.7. The molecule has 27 heavy (non-hydrogen) atoms. The van der Waals surface area contributed by atoms with Crippen LogP contribution in [0.4, 0.5) is 17.3 Å². The predicted octanol–water partition coefficient (Wildman–Crippen LogP) is 6.01. The van der Waals surface area contributed by atoms with Gasteiger partial charge < -0.3 is 19.5 Å². The highest BCUT2D eigenvalue weighted by Gasteiger charge is 2.19. The highest BCUT2D eigenvalue weighted by Crippen LogP contribution is 2.37. The molecule has 1 N–H and O–H groups in total. The standard InChI is InChI=1S/C20H24Br2N4O/c1-6-26(7-2)15-9-8-14(22)18-19(15)25(4)20(24-18)23-17-12(3)10-13(21)11-16(17)27-5/h8-11H,6-7H2,1-5H3,(H,23,24). The van der Waals surface area contributed by atoms with Crippen molar-refractivity contribution in [1.29, 1.82) is 0 Å². The molecular weight excluding hydrogens is 472 g/mol. The van der Waals surface area contributed by atoms with E-state index in [4.69, 9.17) is 9.72 Å². The van der Waals surface area contributed by atoms with Gasteiger partial charge in [0.1, 0.15) is 11.3 Å². The van der Waals surface area contributed by atoms with Crippen molar-refractivity contribution in [3.8, 4) is 5.75 Å². The lowest BCUT2D eigenvalue weighted by molar-refractivity contribution is 0.416. The molecule has 2 aromatic carbocycles. The normalized spacial score (nSPS) is 11.1. The maximum atomic E-state index is 5.57. The van der Waals surface area contributed by atoms with Crippen molar-refractivity contribution in [2.45, 2.75) is 20.8 Å². The Morgan fingerprint density at radius 1 is 1.19 bits per heavy atom. The third kappa shape index (κ3) is 3.67. The summed E-state index contributed by atoms with van der Waals surface area (Å²) in [6.45, 7) is 8.28. The van der Waals surface area contributed by atoms with E-state index in [1.54, 1.807) is 7.11 Å². The summed E-state index contributed by atoms with van der Waals surface area (Å²) in [6.07, 6.45) is 0. The molecule has 1 aromatic heterocycles. The van der Waals surface area contributed by atoms with E-state index in [1.807, 2.05) is 13.1 Å². The highest BCUT2D eigenvalue weighted by molar-refractivity contribution is 9.11. The van der Waals surface area contributed by atoms with Crippen LogP contribution < -0.4 is 15.0 Å². The van der Waals surface area contributed by atoms with Gasteiger partial charge in [0, 0.05) is 29.1 Å². The van der Waals surface area contributed by atoms with E-state index < -0.39 is 0 Å². The van der Waals surface area contributed by atoms with Crippen molar-refractivity contribution >= 4 is 60.2 Å². The van der Waals surface area contributed by atoms with Crippen molar-refractivity contribution < 1.29 is 4.74 Å². The average Bonchev–Trinajstić information content (AvgIpc) is 2.97. The molecule has 0 amide bonds. The van der Waals surface area contributed by atoms with E-state index in [2.05, 4.69) is 85.6 Å². The van der Waals surface area contributed by atoms with Gasteiger partial charge in [0.2, 0.25) is 5.95 Å². The van der Waals surface area contributed by atoms with Crippen LogP contribution in [0.25, 0.3) is 11.0 Å². The van der Waals surface area contributed by atoms with Crippen LogP contribution in [-0.4, -0.2) is 29.8 Å². The Bertz CT molecular complexity index is 980. The lowest BCUT2D eigenvalue weighted by atomic mass is 10.2. The fourth-order valence-electron chi connectivity index (χ4n) is 3.34. The monoisotopic (exact) mass is 494 g/mol. The van der Waals surface area contributed by atoms with Crippen molar-refractivity contribution in [1.82, 2.24) is 9.55 Å². The van der Waals surface area contributed by atoms with Gasteiger partial charge in [-0.3, -0.25) is 0 Å². The number of nitrogens with one attached hydrogen (secondary N) is 1. The van der Waals surface area contributed by atoms with Crippen LogP contribution in [0.5, 0.6) is 5.75 Å². The van der Waals surface area contributed by atoms with E-state index in [1.165, 1.54) is 5.69 Å². The van der Waals surface area contributed by atoms with Gasteiger partial charge in [-0.25, -0.2) is 4.98 Å². The fraction of sp³-hybridized carbons (Fsp3) is 0.350.